The first-order chi connectivity index (χ1) is 14.9. The van der Waals surface area contributed by atoms with Crippen LogP contribution in [-0.4, -0.2) is 62.7 Å². The number of halogens is 3. The first kappa shape index (κ1) is 24.9. The lowest BCUT2D eigenvalue weighted by Gasteiger charge is -2.47. The van der Waals surface area contributed by atoms with Gasteiger partial charge in [-0.2, -0.15) is 13.2 Å². The summed E-state index contributed by atoms with van der Waals surface area (Å²) in [6, 6.07) is 11.4. The van der Waals surface area contributed by atoms with Gasteiger partial charge >= 0.3 is 18.1 Å². The predicted octanol–water partition coefficient (Wildman–Crippen LogP) is 3.16. The lowest BCUT2D eigenvalue weighted by Crippen LogP contribution is -2.61. The van der Waals surface area contributed by atoms with Crippen molar-refractivity contribution in [1.82, 2.24) is 9.80 Å². The number of rotatable bonds is 5. The van der Waals surface area contributed by atoms with E-state index in [1.165, 1.54) is 0 Å². The quantitative estimate of drug-likeness (QED) is 0.711. The topological polar surface area (TPSA) is 111 Å². The van der Waals surface area contributed by atoms with Gasteiger partial charge < -0.3 is 19.5 Å². The molecule has 3 rings (SSSR count). The van der Waals surface area contributed by atoms with Gasteiger partial charge in [0.1, 0.15) is 11.8 Å². The average molecular weight is 456 g/mol. The summed E-state index contributed by atoms with van der Waals surface area (Å²) >= 11 is 0. The third-order valence-corrected chi connectivity index (χ3v) is 4.75. The minimum Gasteiger partial charge on any atom is -0.480 e. The maximum atomic E-state index is 12.8. The Labute approximate surface area is 181 Å². The van der Waals surface area contributed by atoms with E-state index in [0.717, 1.165) is 5.56 Å². The number of aliphatic carboxylic acids is 2. The molecule has 0 unspecified atom stereocenters. The molecule has 1 fully saturated rings. The molecule has 1 aromatic carbocycles. The number of hydrogen-bond donors (Lipinski definition) is 2. The van der Waals surface area contributed by atoms with Gasteiger partial charge in [-0.15, -0.1) is 0 Å². The molecule has 0 bridgehead atoms. The van der Waals surface area contributed by atoms with E-state index in [1.807, 2.05) is 44.2 Å². The van der Waals surface area contributed by atoms with Crippen LogP contribution in [0.15, 0.2) is 53.1 Å². The molecule has 2 heterocycles. The van der Waals surface area contributed by atoms with Gasteiger partial charge in [-0.3, -0.25) is 14.5 Å². The van der Waals surface area contributed by atoms with Crippen LogP contribution in [0.3, 0.4) is 0 Å². The summed E-state index contributed by atoms with van der Waals surface area (Å²) in [4.78, 5) is 37.2. The maximum Gasteiger partial charge on any atom is 0.490 e. The highest BCUT2D eigenvalue weighted by Crippen LogP contribution is 2.34. The molecule has 2 atom stereocenters. The Morgan fingerprint density at radius 3 is 2.16 bits per heavy atom. The molecule has 1 saturated heterocycles. The third kappa shape index (κ3) is 6.10. The van der Waals surface area contributed by atoms with E-state index in [4.69, 9.17) is 14.3 Å². The van der Waals surface area contributed by atoms with Crippen LogP contribution in [0.1, 0.15) is 31.2 Å². The van der Waals surface area contributed by atoms with Crippen LogP contribution < -0.4 is 0 Å². The van der Waals surface area contributed by atoms with Crippen molar-refractivity contribution in [3.63, 3.8) is 0 Å². The third-order valence-electron chi connectivity index (χ3n) is 4.75. The van der Waals surface area contributed by atoms with Gasteiger partial charge in [0.2, 0.25) is 5.91 Å². The van der Waals surface area contributed by atoms with Gasteiger partial charge in [0.25, 0.3) is 0 Å². The Morgan fingerprint density at radius 1 is 1.12 bits per heavy atom. The SMILES string of the molecule is CC(C)N1C(=O)CN(Cc2ccco2)[C@H](C(=O)O)[C@H]1c1ccccc1.O=C(O)C(F)(F)F. The number of amides is 1. The van der Waals surface area contributed by atoms with Crippen molar-refractivity contribution < 1.29 is 42.2 Å². The molecule has 0 spiro atoms. The number of hydrogen-bond acceptors (Lipinski definition) is 5. The highest BCUT2D eigenvalue weighted by molar-refractivity contribution is 5.85. The van der Waals surface area contributed by atoms with Crippen molar-refractivity contribution in [2.24, 2.45) is 0 Å². The molecule has 8 nitrogen and oxygen atoms in total. The summed E-state index contributed by atoms with van der Waals surface area (Å²) in [7, 11) is 0. The Kier molecular flexibility index (Phi) is 8.03. The van der Waals surface area contributed by atoms with E-state index in [1.54, 1.807) is 28.2 Å². The Balaban J connectivity index is 0.000000451. The number of benzene rings is 1. The minimum absolute atomic E-state index is 0.0547. The summed E-state index contributed by atoms with van der Waals surface area (Å²) in [5, 5.41) is 17.1. The van der Waals surface area contributed by atoms with Crippen molar-refractivity contribution >= 4 is 17.8 Å². The number of carbonyl (C=O) groups is 3. The van der Waals surface area contributed by atoms with Gasteiger partial charge in [0, 0.05) is 6.04 Å². The van der Waals surface area contributed by atoms with Gasteiger partial charge in [-0.1, -0.05) is 30.3 Å². The molecule has 174 valence electrons. The lowest BCUT2D eigenvalue weighted by atomic mass is 9.92. The zero-order valence-corrected chi connectivity index (χ0v) is 17.3. The van der Waals surface area contributed by atoms with E-state index < -0.39 is 30.2 Å². The van der Waals surface area contributed by atoms with Crippen LogP contribution in [0.4, 0.5) is 13.2 Å². The number of nitrogens with zero attached hydrogens (tertiary/aromatic N) is 2. The summed E-state index contributed by atoms with van der Waals surface area (Å²) in [6.45, 7) is 4.16. The largest absolute Gasteiger partial charge is 0.490 e. The average Bonchev–Trinajstić information content (AvgIpc) is 3.20. The normalized spacial score (nSPS) is 19.4. The van der Waals surface area contributed by atoms with Crippen molar-refractivity contribution in [2.45, 2.75) is 44.7 Å². The molecule has 1 amide bonds. The predicted molar refractivity (Wildman–Crippen MR) is 105 cm³/mol. The fourth-order valence-corrected chi connectivity index (χ4v) is 3.51. The number of carboxylic acids is 2. The summed E-state index contributed by atoms with van der Waals surface area (Å²) < 4.78 is 37.1. The molecular formula is C21H23F3N2O6. The highest BCUT2D eigenvalue weighted by Gasteiger charge is 2.46. The van der Waals surface area contributed by atoms with Crippen LogP contribution in [0.2, 0.25) is 0 Å². The second-order valence-electron chi connectivity index (χ2n) is 7.32. The van der Waals surface area contributed by atoms with E-state index in [2.05, 4.69) is 0 Å². The van der Waals surface area contributed by atoms with Crippen LogP contribution >= 0.6 is 0 Å². The van der Waals surface area contributed by atoms with Gasteiger partial charge in [0.05, 0.1) is 25.4 Å². The fraction of sp³-hybridized carbons (Fsp3) is 0.381. The molecule has 0 saturated carbocycles. The molecule has 0 aliphatic carbocycles. The minimum atomic E-state index is -5.08. The van der Waals surface area contributed by atoms with Crippen molar-refractivity contribution in [2.75, 3.05) is 6.54 Å². The van der Waals surface area contributed by atoms with E-state index in [9.17, 15) is 27.9 Å². The van der Waals surface area contributed by atoms with E-state index >= 15 is 0 Å². The molecule has 1 aliphatic heterocycles. The molecule has 11 heteroatoms. The number of alkyl halides is 3. The zero-order chi connectivity index (χ0) is 24.1. The molecule has 1 aliphatic rings. The van der Waals surface area contributed by atoms with Gasteiger partial charge in [0.15, 0.2) is 0 Å². The molecule has 32 heavy (non-hydrogen) atoms. The van der Waals surface area contributed by atoms with Crippen LogP contribution in [0.5, 0.6) is 0 Å². The summed E-state index contributed by atoms with van der Waals surface area (Å²) in [5.41, 5.74) is 0.820. The Hall–Kier alpha value is -3.34. The van der Waals surface area contributed by atoms with E-state index in [0.29, 0.717) is 5.76 Å². The Bertz CT molecular complexity index is 915. The molecule has 2 N–H and O–H groups in total. The molecule has 2 aromatic rings. The number of furan rings is 1. The molecule has 0 radical (unpaired) electrons. The number of carbonyl (C=O) groups excluding carboxylic acids is 1. The second kappa shape index (κ2) is 10.3. The smallest absolute Gasteiger partial charge is 0.480 e. The van der Waals surface area contributed by atoms with Crippen molar-refractivity contribution in [3.8, 4) is 0 Å². The first-order valence-corrected chi connectivity index (χ1v) is 9.59. The zero-order valence-electron chi connectivity index (χ0n) is 17.3. The van der Waals surface area contributed by atoms with Crippen LogP contribution in [0, 0.1) is 0 Å². The standard InChI is InChI=1S/C19H22N2O4.C2HF3O2/c1-13(2)21-16(22)12-20(11-15-9-6-10-25-15)18(19(23)24)17(21)14-7-4-3-5-8-14;3-2(4,5)1(6)7/h3-10,13,17-18H,11-12H2,1-2H3,(H,23,24);(H,6,7)/t17-,18+;/m1./s1. The first-order valence-electron chi connectivity index (χ1n) is 9.59. The van der Waals surface area contributed by atoms with Crippen molar-refractivity contribution in [3.05, 3.63) is 60.1 Å². The highest BCUT2D eigenvalue weighted by atomic mass is 19.4. The summed E-state index contributed by atoms with van der Waals surface area (Å²) in [5.74, 6) is -3.14. The van der Waals surface area contributed by atoms with Gasteiger partial charge in [-0.05, 0) is 31.5 Å². The monoisotopic (exact) mass is 456 g/mol. The number of carboxylic acid groups (broad SMARTS) is 2. The van der Waals surface area contributed by atoms with Crippen LogP contribution in [0.25, 0.3) is 0 Å². The molecule has 1 aromatic heterocycles. The number of piperazine rings is 1. The summed E-state index contributed by atoms with van der Waals surface area (Å²) in [6.07, 6.45) is -3.54. The van der Waals surface area contributed by atoms with Crippen molar-refractivity contribution in [1.29, 1.82) is 0 Å². The Morgan fingerprint density at radius 2 is 1.72 bits per heavy atom. The van der Waals surface area contributed by atoms with E-state index in [-0.39, 0.29) is 25.0 Å². The second-order valence-corrected chi connectivity index (χ2v) is 7.32. The fourth-order valence-electron chi connectivity index (χ4n) is 3.51. The molecular weight excluding hydrogens is 433 g/mol. The van der Waals surface area contributed by atoms with Crippen LogP contribution in [-0.2, 0) is 20.9 Å². The van der Waals surface area contributed by atoms with Gasteiger partial charge in [-0.25, -0.2) is 4.79 Å². The lowest BCUT2D eigenvalue weighted by molar-refractivity contribution is -0.192. The maximum absolute atomic E-state index is 12.8.